The van der Waals surface area contributed by atoms with Crippen molar-refractivity contribution < 1.29 is 9.59 Å². The quantitative estimate of drug-likeness (QED) is 0.743. The van der Waals surface area contributed by atoms with E-state index >= 15 is 0 Å². The summed E-state index contributed by atoms with van der Waals surface area (Å²) in [6.45, 7) is 2.62. The van der Waals surface area contributed by atoms with Crippen LogP contribution < -0.4 is 11.1 Å². The van der Waals surface area contributed by atoms with Gasteiger partial charge in [0.2, 0.25) is 11.8 Å². The van der Waals surface area contributed by atoms with E-state index in [9.17, 15) is 9.59 Å². The van der Waals surface area contributed by atoms with Crippen molar-refractivity contribution in [2.24, 2.45) is 5.73 Å². The summed E-state index contributed by atoms with van der Waals surface area (Å²) < 4.78 is 0. The lowest BCUT2D eigenvalue weighted by molar-refractivity contribution is -0.125. The maximum Gasteiger partial charge on any atom is 0.220 e. The van der Waals surface area contributed by atoms with Crippen LogP contribution in [0.1, 0.15) is 24.0 Å². The number of benzene rings is 1. The second-order valence-electron chi connectivity index (χ2n) is 4.88. The fourth-order valence-electron chi connectivity index (χ4n) is 2.23. The van der Waals surface area contributed by atoms with Gasteiger partial charge in [0.1, 0.15) is 0 Å². The van der Waals surface area contributed by atoms with Crippen LogP contribution >= 0.6 is 0 Å². The first kappa shape index (κ1) is 14.1. The summed E-state index contributed by atoms with van der Waals surface area (Å²) in [5.41, 5.74) is 8.53. The molecule has 1 aromatic heterocycles. The Balaban J connectivity index is 1.89. The summed E-state index contributed by atoms with van der Waals surface area (Å²) in [4.78, 5) is 25.3. The number of rotatable bonds is 6. The van der Waals surface area contributed by atoms with Crippen molar-refractivity contribution in [1.82, 2.24) is 10.3 Å². The van der Waals surface area contributed by atoms with Crippen LogP contribution in [0.25, 0.3) is 10.9 Å². The molecule has 2 aromatic rings. The van der Waals surface area contributed by atoms with E-state index in [1.165, 1.54) is 16.5 Å². The van der Waals surface area contributed by atoms with Crippen LogP contribution in [0.5, 0.6) is 0 Å². The molecule has 0 spiro atoms. The van der Waals surface area contributed by atoms with E-state index in [1.807, 2.05) is 12.3 Å². The van der Waals surface area contributed by atoms with Gasteiger partial charge in [-0.3, -0.25) is 9.59 Å². The van der Waals surface area contributed by atoms with Crippen molar-refractivity contribution in [3.63, 3.8) is 0 Å². The molecule has 0 bridgehead atoms. The number of nitrogens with two attached hydrogens (primary N) is 1. The molecule has 0 saturated heterocycles. The van der Waals surface area contributed by atoms with Gasteiger partial charge in [-0.1, -0.05) is 18.2 Å². The number of primary amides is 1. The van der Waals surface area contributed by atoms with E-state index < -0.39 is 5.91 Å². The van der Waals surface area contributed by atoms with Crippen molar-refractivity contribution in [3.05, 3.63) is 35.5 Å². The van der Waals surface area contributed by atoms with Gasteiger partial charge >= 0.3 is 0 Å². The minimum Gasteiger partial charge on any atom is -0.370 e. The van der Waals surface area contributed by atoms with E-state index in [0.29, 0.717) is 6.54 Å². The Labute approximate surface area is 117 Å². The Kier molecular flexibility index (Phi) is 4.40. The van der Waals surface area contributed by atoms with E-state index in [2.05, 4.69) is 29.4 Å². The summed E-state index contributed by atoms with van der Waals surface area (Å²) in [5, 5.41) is 3.99. The van der Waals surface area contributed by atoms with Crippen molar-refractivity contribution in [3.8, 4) is 0 Å². The molecule has 106 valence electrons. The smallest absolute Gasteiger partial charge is 0.220 e. The molecule has 2 rings (SSSR count). The average Bonchev–Trinajstić information content (AvgIpc) is 2.81. The summed E-state index contributed by atoms with van der Waals surface area (Å²) in [6, 6.07) is 6.16. The molecule has 20 heavy (non-hydrogen) atoms. The number of carbonyl (C=O) groups excluding carboxylic acids is 2. The number of hydrogen-bond donors (Lipinski definition) is 3. The predicted octanol–water partition coefficient (Wildman–Crippen LogP) is 1.40. The van der Waals surface area contributed by atoms with Gasteiger partial charge in [-0.05, 0) is 24.5 Å². The zero-order valence-electron chi connectivity index (χ0n) is 11.5. The second-order valence-corrected chi connectivity index (χ2v) is 4.88. The molecule has 0 radical (unpaired) electrons. The third-order valence-electron chi connectivity index (χ3n) is 3.32. The molecule has 0 atom stereocenters. The maximum atomic E-state index is 11.5. The molecule has 0 aliphatic rings. The third-order valence-corrected chi connectivity index (χ3v) is 3.32. The van der Waals surface area contributed by atoms with Crippen molar-refractivity contribution in [2.45, 2.75) is 26.2 Å². The molecule has 5 heteroatoms. The number of hydrogen-bond acceptors (Lipinski definition) is 2. The van der Waals surface area contributed by atoms with E-state index in [-0.39, 0.29) is 18.7 Å². The largest absolute Gasteiger partial charge is 0.370 e. The highest BCUT2D eigenvalue weighted by Gasteiger charge is 2.07. The zero-order valence-corrected chi connectivity index (χ0v) is 11.5. The Morgan fingerprint density at radius 2 is 2.10 bits per heavy atom. The SMILES string of the molecule is Cc1cccc2c(CCNC(=O)CCC(N)=O)c[nH]c12. The lowest BCUT2D eigenvalue weighted by atomic mass is 10.1. The molecule has 0 aliphatic carbocycles. The molecule has 1 aromatic carbocycles. The summed E-state index contributed by atoms with van der Waals surface area (Å²) >= 11 is 0. The third kappa shape index (κ3) is 3.38. The number of aromatic nitrogens is 1. The van der Waals surface area contributed by atoms with E-state index in [4.69, 9.17) is 5.73 Å². The van der Waals surface area contributed by atoms with Gasteiger partial charge in [0.25, 0.3) is 0 Å². The molecule has 0 unspecified atom stereocenters. The number of para-hydroxylation sites is 1. The van der Waals surface area contributed by atoms with Gasteiger partial charge in [-0.15, -0.1) is 0 Å². The van der Waals surface area contributed by atoms with E-state index in [1.54, 1.807) is 0 Å². The number of aryl methyl sites for hydroxylation is 1. The van der Waals surface area contributed by atoms with Crippen LogP contribution in [0, 0.1) is 6.92 Å². The minimum atomic E-state index is -0.452. The zero-order chi connectivity index (χ0) is 14.5. The molecule has 0 saturated carbocycles. The second kappa shape index (κ2) is 6.23. The molecule has 0 fully saturated rings. The van der Waals surface area contributed by atoms with Gasteiger partial charge in [-0.25, -0.2) is 0 Å². The van der Waals surface area contributed by atoms with Gasteiger partial charge in [-0.2, -0.15) is 0 Å². The van der Waals surface area contributed by atoms with Crippen molar-refractivity contribution in [1.29, 1.82) is 0 Å². The monoisotopic (exact) mass is 273 g/mol. The Bertz CT molecular complexity index is 631. The fraction of sp³-hybridized carbons (Fsp3) is 0.333. The number of amides is 2. The molecule has 0 aliphatic heterocycles. The van der Waals surface area contributed by atoms with Crippen LogP contribution in [-0.2, 0) is 16.0 Å². The fourth-order valence-corrected chi connectivity index (χ4v) is 2.23. The molecule has 1 heterocycles. The molecule has 5 nitrogen and oxygen atoms in total. The highest BCUT2D eigenvalue weighted by atomic mass is 16.2. The van der Waals surface area contributed by atoms with Gasteiger partial charge in [0.05, 0.1) is 0 Å². The first-order valence-corrected chi connectivity index (χ1v) is 6.68. The van der Waals surface area contributed by atoms with Crippen LogP contribution in [0.4, 0.5) is 0 Å². The average molecular weight is 273 g/mol. The normalized spacial score (nSPS) is 10.7. The van der Waals surface area contributed by atoms with Gasteiger partial charge < -0.3 is 16.0 Å². The summed E-state index contributed by atoms with van der Waals surface area (Å²) in [7, 11) is 0. The number of aromatic amines is 1. The lowest BCUT2D eigenvalue weighted by Crippen LogP contribution is -2.26. The van der Waals surface area contributed by atoms with Crippen LogP contribution in [0.15, 0.2) is 24.4 Å². The molecule has 4 N–H and O–H groups in total. The highest BCUT2D eigenvalue weighted by Crippen LogP contribution is 2.21. The van der Waals surface area contributed by atoms with Crippen LogP contribution in [0.2, 0.25) is 0 Å². The highest BCUT2D eigenvalue weighted by molar-refractivity contribution is 5.86. The first-order valence-electron chi connectivity index (χ1n) is 6.68. The topological polar surface area (TPSA) is 88.0 Å². The summed E-state index contributed by atoms with van der Waals surface area (Å²) in [5.74, 6) is -0.591. The number of fused-ring (bicyclic) bond motifs is 1. The number of nitrogens with one attached hydrogen (secondary N) is 2. The first-order chi connectivity index (χ1) is 9.58. The van der Waals surface area contributed by atoms with Crippen molar-refractivity contribution in [2.75, 3.05) is 6.54 Å². The van der Waals surface area contributed by atoms with Crippen molar-refractivity contribution >= 4 is 22.7 Å². The summed E-state index contributed by atoms with van der Waals surface area (Å²) in [6.07, 6.45) is 2.99. The minimum absolute atomic E-state index is 0.0954. The molecular weight excluding hydrogens is 254 g/mol. The Morgan fingerprint density at radius 1 is 1.30 bits per heavy atom. The Morgan fingerprint density at radius 3 is 2.85 bits per heavy atom. The maximum absolute atomic E-state index is 11.5. The molecule has 2 amide bonds. The number of carbonyl (C=O) groups is 2. The standard InChI is InChI=1S/C15H19N3O2/c1-10-3-2-4-12-11(9-18-15(10)12)7-8-17-14(20)6-5-13(16)19/h2-4,9,18H,5-8H2,1H3,(H2,16,19)(H,17,20). The van der Waals surface area contributed by atoms with Gasteiger partial charge in [0, 0.05) is 36.5 Å². The predicted molar refractivity (Wildman–Crippen MR) is 78.2 cm³/mol. The Hall–Kier alpha value is -2.30. The number of H-pyrrole nitrogens is 1. The van der Waals surface area contributed by atoms with Crippen LogP contribution in [0.3, 0.4) is 0 Å². The van der Waals surface area contributed by atoms with E-state index in [0.717, 1.165) is 11.9 Å². The lowest BCUT2D eigenvalue weighted by Gasteiger charge is -2.04. The van der Waals surface area contributed by atoms with Gasteiger partial charge in [0.15, 0.2) is 0 Å². The van der Waals surface area contributed by atoms with Crippen LogP contribution in [-0.4, -0.2) is 23.3 Å². The molecular formula is C15H19N3O2.